The Balaban J connectivity index is 1.65. The van der Waals surface area contributed by atoms with Gasteiger partial charge in [-0.05, 0) is 44.4 Å². The van der Waals surface area contributed by atoms with Crippen molar-refractivity contribution in [3.05, 3.63) is 29.8 Å². The average molecular weight is 430 g/mol. The van der Waals surface area contributed by atoms with E-state index in [1.807, 2.05) is 0 Å². The van der Waals surface area contributed by atoms with E-state index in [-0.39, 0.29) is 29.6 Å². The quantitative estimate of drug-likeness (QED) is 0.284. The highest BCUT2D eigenvalue weighted by Gasteiger charge is 2.27. The Morgan fingerprint density at radius 3 is 2.58 bits per heavy atom. The monoisotopic (exact) mass is 430 g/mol. The van der Waals surface area contributed by atoms with Crippen LogP contribution in [0.25, 0.3) is 0 Å². The van der Waals surface area contributed by atoms with E-state index in [1.165, 1.54) is 25.0 Å². The lowest BCUT2D eigenvalue weighted by atomic mass is 10.00. The molecule has 2 heterocycles. The fourth-order valence-electron chi connectivity index (χ4n) is 4.04. The van der Waals surface area contributed by atoms with E-state index in [2.05, 4.69) is 20.3 Å². The number of rotatable bonds is 5. The van der Waals surface area contributed by atoms with Crippen molar-refractivity contribution in [2.24, 2.45) is 5.84 Å². The van der Waals surface area contributed by atoms with Crippen molar-refractivity contribution in [2.45, 2.75) is 63.3 Å². The average Bonchev–Trinajstić information content (AvgIpc) is 3.18. The summed E-state index contributed by atoms with van der Waals surface area (Å²) in [6.45, 7) is 0.762. The number of benzene rings is 1. The molecule has 2 aliphatic rings. The normalized spacial score (nSPS) is 19.7. The number of nitrogens with zero attached hydrogens (tertiary/aromatic N) is 4. The van der Waals surface area contributed by atoms with Gasteiger partial charge in [-0.25, -0.2) is 20.0 Å². The standard InChI is InChI=1S/C21H27FN6O3/c22-15-12-14(9-10-17(15)29)28(23)20-25-18(13-6-3-1-2-4-7-13)26-21(27-20)31-19(30)16-8-5-11-24-16/h9-10,12-13,16,24,29H,1-8,11,23H2. The van der Waals surface area contributed by atoms with Gasteiger partial charge in [0.2, 0.25) is 0 Å². The first kappa shape index (κ1) is 21.4. The zero-order valence-corrected chi connectivity index (χ0v) is 17.3. The summed E-state index contributed by atoms with van der Waals surface area (Å²) in [5.74, 6) is 5.09. The van der Waals surface area contributed by atoms with Gasteiger partial charge in [0.1, 0.15) is 11.9 Å². The molecule has 1 aliphatic heterocycles. The third-order valence-electron chi connectivity index (χ3n) is 5.80. The summed E-state index contributed by atoms with van der Waals surface area (Å²) in [7, 11) is 0. The summed E-state index contributed by atoms with van der Waals surface area (Å²) >= 11 is 0. The summed E-state index contributed by atoms with van der Waals surface area (Å²) in [6.07, 6.45) is 7.93. The lowest BCUT2D eigenvalue weighted by Gasteiger charge is -2.20. The van der Waals surface area contributed by atoms with Crippen LogP contribution in [0.15, 0.2) is 18.2 Å². The summed E-state index contributed by atoms with van der Waals surface area (Å²) in [4.78, 5) is 25.6. The summed E-state index contributed by atoms with van der Waals surface area (Å²) < 4.78 is 19.3. The number of phenols is 1. The van der Waals surface area contributed by atoms with Crippen LogP contribution in [-0.4, -0.2) is 38.6 Å². The zero-order chi connectivity index (χ0) is 21.8. The molecule has 10 heteroatoms. The van der Waals surface area contributed by atoms with E-state index in [0.29, 0.717) is 12.2 Å². The lowest BCUT2D eigenvalue weighted by molar-refractivity contribution is -0.136. The SMILES string of the molecule is NN(c1ccc(O)c(F)c1)c1nc(OC(=O)C2CCCN2)nc(C2CCCCCC2)n1. The molecule has 0 spiro atoms. The minimum absolute atomic E-state index is 0.0431. The molecule has 4 N–H and O–H groups in total. The fraction of sp³-hybridized carbons (Fsp3) is 0.524. The third kappa shape index (κ3) is 5.08. The summed E-state index contributed by atoms with van der Waals surface area (Å²) in [6, 6.07) is 3.23. The van der Waals surface area contributed by atoms with Gasteiger partial charge in [0, 0.05) is 12.0 Å². The number of anilines is 2. The number of aromatic hydroxyl groups is 1. The molecule has 1 atom stereocenters. The van der Waals surface area contributed by atoms with Crippen LogP contribution in [0, 0.1) is 5.82 Å². The highest BCUT2D eigenvalue weighted by Crippen LogP contribution is 2.32. The van der Waals surface area contributed by atoms with Crippen LogP contribution in [-0.2, 0) is 4.79 Å². The second-order valence-corrected chi connectivity index (χ2v) is 8.04. The highest BCUT2D eigenvalue weighted by molar-refractivity contribution is 5.78. The molecule has 2 aromatic rings. The van der Waals surface area contributed by atoms with E-state index >= 15 is 0 Å². The van der Waals surface area contributed by atoms with Gasteiger partial charge in [0.15, 0.2) is 11.6 Å². The first-order chi connectivity index (χ1) is 15.0. The fourth-order valence-corrected chi connectivity index (χ4v) is 4.04. The summed E-state index contributed by atoms with van der Waals surface area (Å²) in [5.41, 5.74) is 0.239. The van der Waals surface area contributed by atoms with E-state index < -0.39 is 17.5 Å². The number of hydrogen-bond acceptors (Lipinski definition) is 9. The first-order valence-electron chi connectivity index (χ1n) is 10.8. The molecule has 9 nitrogen and oxygen atoms in total. The van der Waals surface area contributed by atoms with Crippen molar-refractivity contribution < 1.29 is 19.0 Å². The van der Waals surface area contributed by atoms with Crippen molar-refractivity contribution in [1.29, 1.82) is 0 Å². The maximum atomic E-state index is 13.8. The highest BCUT2D eigenvalue weighted by atomic mass is 19.1. The van der Waals surface area contributed by atoms with Crippen LogP contribution < -0.4 is 20.9 Å². The van der Waals surface area contributed by atoms with Crippen molar-refractivity contribution in [3.63, 3.8) is 0 Å². The number of esters is 1. The van der Waals surface area contributed by atoms with Crippen LogP contribution in [0.4, 0.5) is 16.0 Å². The van der Waals surface area contributed by atoms with Crippen LogP contribution in [0.2, 0.25) is 0 Å². The molecular weight excluding hydrogens is 403 g/mol. The number of carbonyl (C=O) groups is 1. The number of nitrogens with two attached hydrogens (primary N) is 1. The maximum Gasteiger partial charge on any atom is 0.330 e. The van der Waals surface area contributed by atoms with E-state index in [1.54, 1.807) is 0 Å². The maximum absolute atomic E-state index is 13.8. The molecule has 1 aromatic carbocycles. The van der Waals surface area contributed by atoms with Crippen LogP contribution in [0.3, 0.4) is 0 Å². The zero-order valence-electron chi connectivity index (χ0n) is 17.3. The molecule has 0 amide bonds. The van der Waals surface area contributed by atoms with Gasteiger partial charge >= 0.3 is 12.0 Å². The second-order valence-electron chi connectivity index (χ2n) is 8.04. The Morgan fingerprint density at radius 2 is 1.90 bits per heavy atom. The largest absolute Gasteiger partial charge is 0.505 e. The minimum atomic E-state index is -0.815. The van der Waals surface area contributed by atoms with Crippen molar-refractivity contribution in [3.8, 4) is 11.8 Å². The van der Waals surface area contributed by atoms with Gasteiger partial charge in [-0.3, -0.25) is 0 Å². The molecule has 31 heavy (non-hydrogen) atoms. The van der Waals surface area contributed by atoms with Crippen molar-refractivity contribution >= 4 is 17.6 Å². The Hall–Kier alpha value is -2.85. The van der Waals surface area contributed by atoms with Gasteiger partial charge in [-0.2, -0.15) is 15.0 Å². The molecule has 0 radical (unpaired) electrons. The van der Waals surface area contributed by atoms with Crippen LogP contribution >= 0.6 is 0 Å². The number of halogens is 1. The topological polar surface area (TPSA) is 126 Å². The van der Waals surface area contributed by atoms with Crippen LogP contribution in [0.5, 0.6) is 11.8 Å². The number of hydrogen-bond donors (Lipinski definition) is 3. The molecule has 1 saturated heterocycles. The first-order valence-corrected chi connectivity index (χ1v) is 10.8. The number of carbonyl (C=O) groups excluding carboxylic acids is 1. The third-order valence-corrected chi connectivity index (χ3v) is 5.80. The van der Waals surface area contributed by atoms with Gasteiger partial charge in [0.05, 0.1) is 5.69 Å². The molecule has 0 bridgehead atoms. The number of aromatic nitrogens is 3. The smallest absolute Gasteiger partial charge is 0.330 e. The number of hydrazine groups is 1. The predicted octanol–water partition coefficient (Wildman–Crippen LogP) is 2.82. The summed E-state index contributed by atoms with van der Waals surface area (Å²) in [5, 5.41) is 13.6. The number of ether oxygens (including phenoxy) is 1. The molecular formula is C21H27FN6O3. The van der Waals surface area contributed by atoms with E-state index in [9.17, 15) is 14.3 Å². The van der Waals surface area contributed by atoms with Gasteiger partial charge in [-0.15, -0.1) is 0 Å². The lowest BCUT2D eigenvalue weighted by Crippen LogP contribution is -2.35. The van der Waals surface area contributed by atoms with Crippen LogP contribution in [0.1, 0.15) is 63.1 Å². The Labute approximate surface area is 179 Å². The van der Waals surface area contributed by atoms with Gasteiger partial charge < -0.3 is 15.2 Å². The molecule has 1 saturated carbocycles. The van der Waals surface area contributed by atoms with E-state index in [0.717, 1.165) is 49.7 Å². The van der Waals surface area contributed by atoms with Crippen molar-refractivity contribution in [2.75, 3.05) is 11.6 Å². The molecule has 2 fully saturated rings. The molecule has 1 aliphatic carbocycles. The number of phenolic OH excluding ortho intramolecular Hbond substituents is 1. The molecule has 1 aromatic heterocycles. The van der Waals surface area contributed by atoms with E-state index in [4.69, 9.17) is 10.6 Å². The Morgan fingerprint density at radius 1 is 1.13 bits per heavy atom. The van der Waals surface area contributed by atoms with Gasteiger partial charge in [-0.1, -0.05) is 25.7 Å². The molecule has 166 valence electrons. The van der Waals surface area contributed by atoms with Gasteiger partial charge in [0.25, 0.3) is 5.95 Å². The minimum Gasteiger partial charge on any atom is -0.505 e. The second kappa shape index (κ2) is 9.52. The Bertz CT molecular complexity index is 929. The molecule has 1 unspecified atom stereocenters. The predicted molar refractivity (Wildman–Crippen MR) is 111 cm³/mol. The number of nitrogens with one attached hydrogen (secondary N) is 1. The van der Waals surface area contributed by atoms with Crippen molar-refractivity contribution in [1.82, 2.24) is 20.3 Å². The Kier molecular flexibility index (Phi) is 6.57. The molecule has 4 rings (SSSR count).